The van der Waals surface area contributed by atoms with Crippen molar-refractivity contribution >= 4 is 16.9 Å². The maximum atomic E-state index is 12.9. The smallest absolute Gasteiger partial charge is 0.317 e. The fraction of sp³-hybridized carbons (Fsp3) is 0.250. The first-order valence-corrected chi connectivity index (χ1v) is 8.52. The molecule has 0 aliphatic rings. The monoisotopic (exact) mass is 351 g/mol. The summed E-state index contributed by atoms with van der Waals surface area (Å²) in [7, 11) is 0. The van der Waals surface area contributed by atoms with Crippen molar-refractivity contribution in [3.63, 3.8) is 0 Å². The first-order valence-electron chi connectivity index (χ1n) is 8.52. The molecule has 0 aliphatic carbocycles. The molecule has 3 rings (SSSR count). The van der Waals surface area contributed by atoms with Gasteiger partial charge in [0, 0.05) is 12.6 Å². The minimum Gasteiger partial charge on any atom is -0.334 e. The van der Waals surface area contributed by atoms with Crippen LogP contribution in [0.1, 0.15) is 19.4 Å². The Morgan fingerprint density at radius 1 is 1.04 bits per heavy atom. The average molecular weight is 351 g/mol. The Hall–Kier alpha value is -3.15. The molecule has 0 unspecified atom stereocenters. The first kappa shape index (κ1) is 17.7. The molecule has 26 heavy (non-hydrogen) atoms. The zero-order valence-corrected chi connectivity index (χ0v) is 14.8. The summed E-state index contributed by atoms with van der Waals surface area (Å²) in [5.41, 5.74) is 0.631. The Bertz CT molecular complexity index is 1040. The van der Waals surface area contributed by atoms with Crippen molar-refractivity contribution in [1.82, 2.24) is 14.5 Å². The largest absolute Gasteiger partial charge is 0.334 e. The third-order valence-electron chi connectivity index (χ3n) is 4.32. The van der Waals surface area contributed by atoms with Crippen molar-refractivity contribution in [2.24, 2.45) is 0 Å². The van der Waals surface area contributed by atoms with E-state index in [4.69, 9.17) is 0 Å². The Morgan fingerprint density at radius 2 is 1.69 bits per heavy atom. The summed E-state index contributed by atoms with van der Waals surface area (Å²) in [5, 5.41) is 0. The second-order valence-corrected chi connectivity index (χ2v) is 6.46. The van der Waals surface area contributed by atoms with Crippen LogP contribution < -0.4 is 11.1 Å². The highest BCUT2D eigenvalue weighted by Gasteiger charge is 2.19. The highest BCUT2D eigenvalue weighted by molar-refractivity contribution is 5.80. The summed E-state index contributed by atoms with van der Waals surface area (Å²) in [4.78, 5) is 41.4. The number of benzene rings is 2. The third kappa shape index (κ3) is 3.59. The fourth-order valence-corrected chi connectivity index (χ4v) is 2.94. The van der Waals surface area contributed by atoms with Gasteiger partial charge in [-0.3, -0.25) is 19.0 Å². The van der Waals surface area contributed by atoms with Crippen LogP contribution in [-0.4, -0.2) is 26.4 Å². The van der Waals surface area contributed by atoms with Crippen LogP contribution in [0.2, 0.25) is 0 Å². The zero-order valence-electron chi connectivity index (χ0n) is 14.8. The highest BCUT2D eigenvalue weighted by atomic mass is 16.2. The molecule has 1 aromatic heterocycles. The molecule has 1 amide bonds. The van der Waals surface area contributed by atoms with Crippen molar-refractivity contribution in [2.45, 2.75) is 33.0 Å². The number of rotatable bonds is 5. The van der Waals surface area contributed by atoms with Crippen molar-refractivity contribution in [3.8, 4) is 0 Å². The molecule has 6 nitrogen and oxygen atoms in total. The van der Waals surface area contributed by atoms with Crippen LogP contribution in [-0.2, 0) is 17.9 Å². The number of amides is 1. The lowest BCUT2D eigenvalue weighted by Crippen LogP contribution is -2.43. The van der Waals surface area contributed by atoms with Gasteiger partial charge in [0.1, 0.15) is 6.54 Å². The Balaban J connectivity index is 1.95. The van der Waals surface area contributed by atoms with Gasteiger partial charge in [-0.1, -0.05) is 42.5 Å². The predicted octanol–water partition coefficient (Wildman–Crippen LogP) is 2.13. The molecule has 0 bridgehead atoms. The summed E-state index contributed by atoms with van der Waals surface area (Å²) < 4.78 is 1.25. The van der Waals surface area contributed by atoms with Gasteiger partial charge in [0.05, 0.1) is 11.0 Å². The lowest BCUT2D eigenvalue weighted by atomic mass is 10.2. The van der Waals surface area contributed by atoms with E-state index in [-0.39, 0.29) is 18.5 Å². The zero-order chi connectivity index (χ0) is 18.7. The van der Waals surface area contributed by atoms with E-state index in [1.54, 1.807) is 29.2 Å². The van der Waals surface area contributed by atoms with Crippen molar-refractivity contribution in [3.05, 3.63) is 80.9 Å². The van der Waals surface area contributed by atoms with Crippen LogP contribution in [0, 0.1) is 0 Å². The molecule has 6 heteroatoms. The van der Waals surface area contributed by atoms with Crippen molar-refractivity contribution in [1.29, 1.82) is 0 Å². The minimum atomic E-state index is -0.726. The molecule has 1 heterocycles. The summed E-state index contributed by atoms with van der Waals surface area (Å²) >= 11 is 0. The number of para-hydroxylation sites is 2. The quantitative estimate of drug-likeness (QED) is 0.716. The number of H-pyrrole nitrogens is 1. The summed E-state index contributed by atoms with van der Waals surface area (Å²) in [6.07, 6.45) is 0. The molecular weight excluding hydrogens is 330 g/mol. The number of aromatic amines is 1. The van der Waals surface area contributed by atoms with Crippen LogP contribution in [0.4, 0.5) is 0 Å². The lowest BCUT2D eigenvalue weighted by Gasteiger charge is -2.27. The Morgan fingerprint density at radius 3 is 2.38 bits per heavy atom. The summed E-state index contributed by atoms with van der Waals surface area (Å²) in [5.74, 6) is -0.207. The molecule has 0 radical (unpaired) electrons. The van der Waals surface area contributed by atoms with Crippen LogP contribution >= 0.6 is 0 Å². The van der Waals surface area contributed by atoms with Gasteiger partial charge in [-0.25, -0.2) is 0 Å². The molecule has 2 aromatic carbocycles. The SMILES string of the molecule is CC(C)N(Cc1ccccc1)C(=O)Cn1c(=O)c(=O)[nH]c2ccccc21. The maximum absolute atomic E-state index is 12.9. The van der Waals surface area contributed by atoms with Gasteiger partial charge in [0.2, 0.25) is 5.91 Å². The number of nitrogens with zero attached hydrogens (tertiary/aromatic N) is 2. The molecule has 0 saturated carbocycles. The van der Waals surface area contributed by atoms with E-state index < -0.39 is 11.1 Å². The molecule has 1 N–H and O–H groups in total. The summed E-state index contributed by atoms with van der Waals surface area (Å²) in [6, 6.07) is 16.6. The van der Waals surface area contributed by atoms with E-state index in [0.717, 1.165) is 5.56 Å². The van der Waals surface area contributed by atoms with E-state index in [0.29, 0.717) is 17.6 Å². The average Bonchev–Trinajstić information content (AvgIpc) is 2.64. The molecule has 3 aromatic rings. The van der Waals surface area contributed by atoms with Crippen LogP contribution in [0.15, 0.2) is 64.2 Å². The normalized spacial score (nSPS) is 11.0. The number of hydrogen-bond donors (Lipinski definition) is 1. The van der Waals surface area contributed by atoms with Gasteiger partial charge in [0.25, 0.3) is 0 Å². The summed E-state index contributed by atoms with van der Waals surface area (Å²) in [6.45, 7) is 4.14. The van der Waals surface area contributed by atoms with Gasteiger partial charge >= 0.3 is 11.1 Å². The van der Waals surface area contributed by atoms with E-state index in [1.807, 2.05) is 44.2 Å². The van der Waals surface area contributed by atoms with Gasteiger partial charge in [0.15, 0.2) is 0 Å². The predicted molar refractivity (Wildman–Crippen MR) is 101 cm³/mol. The number of fused-ring (bicyclic) bond motifs is 1. The molecule has 0 atom stereocenters. The van der Waals surface area contributed by atoms with E-state index in [2.05, 4.69) is 4.98 Å². The van der Waals surface area contributed by atoms with E-state index >= 15 is 0 Å². The third-order valence-corrected chi connectivity index (χ3v) is 4.32. The van der Waals surface area contributed by atoms with Crippen molar-refractivity contribution in [2.75, 3.05) is 0 Å². The lowest BCUT2D eigenvalue weighted by molar-refractivity contribution is -0.134. The van der Waals surface area contributed by atoms with Gasteiger partial charge in [-0.2, -0.15) is 0 Å². The second-order valence-electron chi connectivity index (χ2n) is 6.46. The fourth-order valence-electron chi connectivity index (χ4n) is 2.94. The second kappa shape index (κ2) is 7.39. The topological polar surface area (TPSA) is 75.2 Å². The number of aromatic nitrogens is 2. The Labute approximate surface area is 150 Å². The first-order chi connectivity index (χ1) is 12.5. The standard InChI is InChI=1S/C20H21N3O3/c1-14(2)22(12-15-8-4-3-5-9-15)18(24)13-23-17-11-7-6-10-16(17)21-19(25)20(23)26/h3-11,14H,12-13H2,1-2H3,(H,21,25). The number of carbonyl (C=O) groups is 1. The minimum absolute atomic E-state index is 0.0355. The van der Waals surface area contributed by atoms with Gasteiger partial charge < -0.3 is 9.88 Å². The molecule has 0 aliphatic heterocycles. The highest BCUT2D eigenvalue weighted by Crippen LogP contribution is 2.11. The number of nitrogens with one attached hydrogen (secondary N) is 1. The van der Waals surface area contributed by atoms with Crippen LogP contribution in [0.25, 0.3) is 11.0 Å². The van der Waals surface area contributed by atoms with E-state index in [1.165, 1.54) is 4.57 Å². The molecular formula is C20H21N3O3. The molecule has 134 valence electrons. The van der Waals surface area contributed by atoms with Gasteiger partial charge in [-0.15, -0.1) is 0 Å². The van der Waals surface area contributed by atoms with Crippen molar-refractivity contribution < 1.29 is 4.79 Å². The molecule has 0 saturated heterocycles. The van der Waals surface area contributed by atoms with Crippen LogP contribution in [0.5, 0.6) is 0 Å². The number of carbonyl (C=O) groups excluding carboxylic acids is 1. The maximum Gasteiger partial charge on any atom is 0.317 e. The number of hydrogen-bond acceptors (Lipinski definition) is 3. The van der Waals surface area contributed by atoms with Crippen LogP contribution in [0.3, 0.4) is 0 Å². The van der Waals surface area contributed by atoms with E-state index in [9.17, 15) is 14.4 Å². The van der Waals surface area contributed by atoms with Gasteiger partial charge in [-0.05, 0) is 31.5 Å². The molecule has 0 spiro atoms. The molecule has 0 fully saturated rings. The Kier molecular flexibility index (Phi) is 5.02.